The highest BCUT2D eigenvalue weighted by Crippen LogP contribution is 2.30. The smallest absolute Gasteiger partial charge is 0.342 e. The van der Waals surface area contributed by atoms with Crippen molar-refractivity contribution in [3.8, 4) is 0 Å². The van der Waals surface area contributed by atoms with Gasteiger partial charge < -0.3 is 14.1 Å². The van der Waals surface area contributed by atoms with Gasteiger partial charge in [0.1, 0.15) is 16.9 Å². The van der Waals surface area contributed by atoms with Crippen LogP contribution in [0.2, 0.25) is 0 Å². The monoisotopic (exact) mass is 356 g/mol. The van der Waals surface area contributed by atoms with Crippen LogP contribution in [0.3, 0.4) is 0 Å². The van der Waals surface area contributed by atoms with Crippen LogP contribution in [0.4, 0.5) is 0 Å². The fraction of sp³-hybridized carbons (Fsp3) is 0.571. The number of esters is 1. The molecule has 1 aromatic heterocycles. The number of rotatable bonds is 6. The van der Waals surface area contributed by atoms with Gasteiger partial charge in [0.25, 0.3) is 0 Å². The number of likely N-dealkylation sites (tertiary alicyclic amines) is 2. The topological polar surface area (TPSA) is 45.9 Å². The molecule has 2 aliphatic rings. The van der Waals surface area contributed by atoms with Crippen LogP contribution in [0.15, 0.2) is 28.7 Å². The van der Waals surface area contributed by atoms with Crippen molar-refractivity contribution < 1.29 is 13.9 Å². The third-order valence-electron chi connectivity index (χ3n) is 5.66. The highest BCUT2D eigenvalue weighted by Gasteiger charge is 2.30. The molecule has 0 spiro atoms. The highest BCUT2D eigenvalue weighted by atomic mass is 16.5. The highest BCUT2D eigenvalue weighted by molar-refractivity contribution is 6.04. The number of furan rings is 1. The Morgan fingerprint density at radius 3 is 2.81 bits per heavy atom. The van der Waals surface area contributed by atoms with E-state index < -0.39 is 0 Å². The summed E-state index contributed by atoms with van der Waals surface area (Å²) in [6.45, 7) is 7.55. The van der Waals surface area contributed by atoms with Crippen LogP contribution in [0.1, 0.15) is 48.7 Å². The van der Waals surface area contributed by atoms with Crippen molar-refractivity contribution in [2.45, 2.75) is 45.2 Å². The second-order valence-corrected chi connectivity index (χ2v) is 7.39. The van der Waals surface area contributed by atoms with E-state index in [1.807, 2.05) is 31.2 Å². The molecule has 26 heavy (non-hydrogen) atoms. The standard InChI is InChI=1S/C21H28N2O3/c1-2-25-21(24)20-17-9-3-4-10-18(17)26-19(20)15-23-13-7-8-16(23)14-22-11-5-6-12-22/h3-4,9-10,16H,2,5-8,11-15H2,1H3. The SMILES string of the molecule is CCOC(=O)c1c(CN2CCCC2CN2CCCC2)oc2ccccc12. The fourth-order valence-electron chi connectivity index (χ4n) is 4.39. The third-order valence-corrected chi connectivity index (χ3v) is 5.66. The van der Waals surface area contributed by atoms with Crippen LogP contribution in [-0.2, 0) is 11.3 Å². The maximum atomic E-state index is 12.6. The minimum Gasteiger partial charge on any atom is -0.462 e. The van der Waals surface area contributed by atoms with Crippen LogP contribution >= 0.6 is 0 Å². The Labute approximate surface area is 154 Å². The van der Waals surface area contributed by atoms with Crippen LogP contribution in [0, 0.1) is 0 Å². The van der Waals surface area contributed by atoms with Crippen molar-refractivity contribution >= 4 is 16.9 Å². The molecule has 2 aromatic rings. The normalized spacial score (nSPS) is 21.7. The van der Waals surface area contributed by atoms with Crippen molar-refractivity contribution in [1.82, 2.24) is 9.80 Å². The van der Waals surface area contributed by atoms with E-state index in [0.29, 0.717) is 24.8 Å². The first-order chi connectivity index (χ1) is 12.8. The number of carbonyl (C=O) groups is 1. The summed E-state index contributed by atoms with van der Waals surface area (Å²) in [4.78, 5) is 17.6. The number of para-hydroxylation sites is 1. The van der Waals surface area contributed by atoms with E-state index in [1.54, 1.807) is 0 Å². The van der Waals surface area contributed by atoms with E-state index in [-0.39, 0.29) is 5.97 Å². The third kappa shape index (κ3) is 3.51. The lowest BCUT2D eigenvalue weighted by molar-refractivity contribution is 0.0523. The molecule has 0 bridgehead atoms. The van der Waals surface area contributed by atoms with Gasteiger partial charge in [-0.2, -0.15) is 0 Å². The molecule has 4 rings (SSSR count). The molecule has 5 nitrogen and oxygen atoms in total. The quantitative estimate of drug-likeness (QED) is 0.739. The summed E-state index contributed by atoms with van der Waals surface area (Å²) >= 11 is 0. The molecular weight excluding hydrogens is 328 g/mol. The molecule has 0 N–H and O–H groups in total. The Morgan fingerprint density at radius 2 is 2.00 bits per heavy atom. The molecule has 1 atom stereocenters. The van der Waals surface area contributed by atoms with Gasteiger partial charge in [0.2, 0.25) is 0 Å². The summed E-state index contributed by atoms with van der Waals surface area (Å²) < 4.78 is 11.4. The lowest BCUT2D eigenvalue weighted by atomic mass is 10.1. The van der Waals surface area contributed by atoms with Crippen LogP contribution in [-0.4, -0.2) is 54.6 Å². The fourth-order valence-corrected chi connectivity index (χ4v) is 4.39. The number of benzene rings is 1. The van der Waals surface area contributed by atoms with Gasteiger partial charge in [0.05, 0.1) is 13.2 Å². The maximum absolute atomic E-state index is 12.6. The Bertz CT molecular complexity index is 764. The Balaban J connectivity index is 1.57. The van der Waals surface area contributed by atoms with E-state index in [1.165, 1.54) is 38.8 Å². The Hall–Kier alpha value is -1.85. The van der Waals surface area contributed by atoms with Gasteiger partial charge in [0, 0.05) is 18.0 Å². The van der Waals surface area contributed by atoms with Gasteiger partial charge in [-0.25, -0.2) is 4.79 Å². The lowest BCUT2D eigenvalue weighted by Crippen LogP contribution is -2.39. The second kappa shape index (κ2) is 7.80. The van der Waals surface area contributed by atoms with E-state index >= 15 is 0 Å². The summed E-state index contributed by atoms with van der Waals surface area (Å²) in [7, 11) is 0. The second-order valence-electron chi connectivity index (χ2n) is 7.39. The van der Waals surface area contributed by atoms with Crippen molar-refractivity contribution in [2.24, 2.45) is 0 Å². The molecule has 2 fully saturated rings. The molecule has 2 saturated heterocycles. The summed E-state index contributed by atoms with van der Waals surface area (Å²) in [6, 6.07) is 8.30. The zero-order valence-electron chi connectivity index (χ0n) is 15.6. The van der Waals surface area contributed by atoms with Gasteiger partial charge in [-0.1, -0.05) is 18.2 Å². The number of hydrogen-bond donors (Lipinski definition) is 0. The van der Waals surface area contributed by atoms with Crippen LogP contribution in [0.5, 0.6) is 0 Å². The average Bonchev–Trinajstić information content (AvgIpc) is 3.36. The summed E-state index contributed by atoms with van der Waals surface area (Å²) in [5.41, 5.74) is 1.37. The van der Waals surface area contributed by atoms with Crippen molar-refractivity contribution in [1.29, 1.82) is 0 Å². The average molecular weight is 356 g/mol. The zero-order chi connectivity index (χ0) is 17.9. The van der Waals surface area contributed by atoms with E-state index in [4.69, 9.17) is 9.15 Å². The van der Waals surface area contributed by atoms with Crippen molar-refractivity contribution in [3.05, 3.63) is 35.6 Å². The molecule has 140 valence electrons. The van der Waals surface area contributed by atoms with Crippen LogP contribution in [0.25, 0.3) is 11.0 Å². The number of ether oxygens (including phenoxy) is 1. The van der Waals surface area contributed by atoms with E-state index in [0.717, 1.165) is 29.8 Å². The van der Waals surface area contributed by atoms with Gasteiger partial charge in [-0.3, -0.25) is 4.90 Å². The van der Waals surface area contributed by atoms with Gasteiger partial charge in [-0.15, -0.1) is 0 Å². The molecule has 0 saturated carbocycles. The molecule has 3 heterocycles. The molecule has 0 radical (unpaired) electrons. The van der Waals surface area contributed by atoms with E-state index in [2.05, 4.69) is 9.80 Å². The summed E-state index contributed by atoms with van der Waals surface area (Å²) in [5.74, 6) is 0.473. The van der Waals surface area contributed by atoms with E-state index in [9.17, 15) is 4.79 Å². The molecular formula is C21H28N2O3. The number of carbonyl (C=O) groups excluding carboxylic acids is 1. The predicted molar refractivity (Wildman–Crippen MR) is 101 cm³/mol. The minimum atomic E-state index is -0.275. The molecule has 1 unspecified atom stereocenters. The molecule has 5 heteroatoms. The van der Waals surface area contributed by atoms with Gasteiger partial charge in [-0.05, 0) is 58.3 Å². The lowest BCUT2D eigenvalue weighted by Gasteiger charge is -2.27. The Morgan fingerprint density at radius 1 is 1.19 bits per heavy atom. The molecule has 0 amide bonds. The summed E-state index contributed by atoms with van der Waals surface area (Å²) in [6.07, 6.45) is 5.09. The number of nitrogens with zero attached hydrogens (tertiary/aromatic N) is 2. The van der Waals surface area contributed by atoms with Gasteiger partial charge >= 0.3 is 5.97 Å². The number of hydrogen-bond acceptors (Lipinski definition) is 5. The largest absolute Gasteiger partial charge is 0.462 e. The van der Waals surface area contributed by atoms with Crippen LogP contribution < -0.4 is 0 Å². The first kappa shape index (κ1) is 17.6. The van der Waals surface area contributed by atoms with Crippen molar-refractivity contribution in [3.63, 3.8) is 0 Å². The van der Waals surface area contributed by atoms with Crippen molar-refractivity contribution in [2.75, 3.05) is 32.8 Å². The molecule has 1 aromatic carbocycles. The zero-order valence-corrected chi connectivity index (χ0v) is 15.6. The predicted octanol–water partition coefficient (Wildman–Crippen LogP) is 3.67. The number of fused-ring (bicyclic) bond motifs is 1. The van der Waals surface area contributed by atoms with Gasteiger partial charge in [0.15, 0.2) is 0 Å². The first-order valence-corrected chi connectivity index (χ1v) is 9.90. The Kier molecular flexibility index (Phi) is 5.27. The molecule has 0 aliphatic carbocycles. The maximum Gasteiger partial charge on any atom is 0.342 e. The minimum absolute atomic E-state index is 0.275. The summed E-state index contributed by atoms with van der Waals surface area (Å²) in [5, 5.41) is 0.858. The molecule has 2 aliphatic heterocycles. The first-order valence-electron chi connectivity index (χ1n) is 9.90.